The molecule has 1 atom stereocenters. The van der Waals surface area contributed by atoms with Crippen molar-refractivity contribution in [3.05, 3.63) is 27.8 Å². The van der Waals surface area contributed by atoms with E-state index in [-0.39, 0.29) is 12.0 Å². The molecule has 8 heteroatoms. The van der Waals surface area contributed by atoms with Gasteiger partial charge in [0.2, 0.25) is 11.8 Å². The molecule has 1 amide bonds. The Morgan fingerprint density at radius 1 is 1.50 bits per heavy atom. The van der Waals surface area contributed by atoms with E-state index in [1.165, 1.54) is 0 Å². The van der Waals surface area contributed by atoms with Crippen molar-refractivity contribution < 1.29 is 14.1 Å². The van der Waals surface area contributed by atoms with Gasteiger partial charge in [0.15, 0.2) is 0 Å². The van der Waals surface area contributed by atoms with Crippen molar-refractivity contribution in [1.82, 2.24) is 15.0 Å². The third kappa shape index (κ3) is 3.70. The highest BCUT2D eigenvalue weighted by Gasteiger charge is 2.25. The van der Waals surface area contributed by atoms with Crippen LogP contribution in [0.5, 0.6) is 0 Å². The second-order valence-corrected chi connectivity index (χ2v) is 6.19. The number of amides is 1. The van der Waals surface area contributed by atoms with Crippen LogP contribution in [0.3, 0.4) is 0 Å². The van der Waals surface area contributed by atoms with E-state index in [4.69, 9.17) is 9.26 Å². The number of thiazole rings is 1. The van der Waals surface area contributed by atoms with Crippen molar-refractivity contribution >= 4 is 23.1 Å². The SMILES string of the molecule is Cc1cc(NC(=O)CN2CCOC(c3nc(C)cs3)C2)on1. The fraction of sp³-hybridized carbons (Fsp3) is 0.500. The molecule has 1 fully saturated rings. The van der Waals surface area contributed by atoms with Crippen LogP contribution in [0.1, 0.15) is 22.5 Å². The average Bonchev–Trinajstić information content (AvgIpc) is 3.08. The summed E-state index contributed by atoms with van der Waals surface area (Å²) in [6.07, 6.45) is -0.0622. The Labute approximate surface area is 132 Å². The minimum absolute atomic E-state index is 0.0622. The largest absolute Gasteiger partial charge is 0.368 e. The molecule has 0 saturated carbocycles. The topological polar surface area (TPSA) is 80.5 Å². The van der Waals surface area contributed by atoms with E-state index in [0.717, 1.165) is 22.9 Å². The minimum atomic E-state index is -0.118. The Kier molecular flexibility index (Phi) is 4.51. The molecule has 3 rings (SSSR count). The molecule has 1 saturated heterocycles. The van der Waals surface area contributed by atoms with Crippen LogP contribution in [0.2, 0.25) is 0 Å². The predicted molar refractivity (Wildman–Crippen MR) is 81.9 cm³/mol. The molecular weight excluding hydrogens is 304 g/mol. The summed E-state index contributed by atoms with van der Waals surface area (Å²) >= 11 is 1.60. The van der Waals surface area contributed by atoms with Gasteiger partial charge in [-0.15, -0.1) is 11.3 Å². The first kappa shape index (κ1) is 15.1. The number of ether oxygens (including phenoxy) is 1. The van der Waals surface area contributed by atoms with Crippen molar-refractivity contribution in [2.75, 3.05) is 31.6 Å². The molecule has 1 unspecified atom stereocenters. The summed E-state index contributed by atoms with van der Waals surface area (Å²) < 4.78 is 10.7. The molecule has 2 aromatic heterocycles. The lowest BCUT2D eigenvalue weighted by Crippen LogP contribution is -2.42. The Balaban J connectivity index is 1.54. The van der Waals surface area contributed by atoms with Gasteiger partial charge in [-0.05, 0) is 13.8 Å². The lowest BCUT2D eigenvalue weighted by atomic mass is 10.2. The average molecular weight is 322 g/mol. The highest BCUT2D eigenvalue weighted by Crippen LogP contribution is 2.25. The van der Waals surface area contributed by atoms with Crippen molar-refractivity contribution in [2.45, 2.75) is 20.0 Å². The van der Waals surface area contributed by atoms with E-state index < -0.39 is 0 Å². The van der Waals surface area contributed by atoms with Gasteiger partial charge < -0.3 is 9.26 Å². The van der Waals surface area contributed by atoms with Crippen LogP contribution in [0.4, 0.5) is 5.88 Å². The van der Waals surface area contributed by atoms with Gasteiger partial charge in [-0.2, -0.15) is 0 Å². The van der Waals surface area contributed by atoms with Crippen molar-refractivity contribution in [3.63, 3.8) is 0 Å². The number of morpholine rings is 1. The Bertz CT molecular complexity index is 654. The van der Waals surface area contributed by atoms with E-state index in [2.05, 4.69) is 20.4 Å². The number of hydrogen-bond donors (Lipinski definition) is 1. The summed E-state index contributed by atoms with van der Waals surface area (Å²) in [4.78, 5) is 18.6. The molecule has 0 aliphatic carbocycles. The summed E-state index contributed by atoms with van der Waals surface area (Å²) in [5.74, 6) is 0.259. The first-order valence-electron chi connectivity index (χ1n) is 7.09. The second-order valence-electron chi connectivity index (χ2n) is 5.30. The van der Waals surface area contributed by atoms with Gasteiger partial charge in [0.25, 0.3) is 0 Å². The number of aryl methyl sites for hydroxylation is 2. The maximum Gasteiger partial charge on any atom is 0.240 e. The van der Waals surface area contributed by atoms with Gasteiger partial charge in [-0.25, -0.2) is 4.98 Å². The van der Waals surface area contributed by atoms with E-state index in [0.29, 0.717) is 25.6 Å². The number of aromatic nitrogens is 2. The number of rotatable bonds is 4. The molecule has 0 radical (unpaired) electrons. The number of carbonyl (C=O) groups excluding carboxylic acids is 1. The maximum atomic E-state index is 12.0. The minimum Gasteiger partial charge on any atom is -0.368 e. The van der Waals surface area contributed by atoms with Crippen LogP contribution in [-0.2, 0) is 9.53 Å². The van der Waals surface area contributed by atoms with Gasteiger partial charge in [-0.3, -0.25) is 15.0 Å². The molecule has 0 aromatic carbocycles. The van der Waals surface area contributed by atoms with E-state index in [9.17, 15) is 4.79 Å². The summed E-state index contributed by atoms with van der Waals surface area (Å²) in [7, 11) is 0. The molecular formula is C14H18N4O3S. The fourth-order valence-electron chi connectivity index (χ4n) is 2.32. The predicted octanol–water partition coefficient (Wildman–Crippen LogP) is 1.76. The monoisotopic (exact) mass is 322 g/mol. The van der Waals surface area contributed by atoms with Crippen LogP contribution in [0.15, 0.2) is 16.0 Å². The Hall–Kier alpha value is -1.77. The van der Waals surface area contributed by atoms with Crippen LogP contribution in [0, 0.1) is 13.8 Å². The van der Waals surface area contributed by atoms with Gasteiger partial charge in [0, 0.05) is 30.2 Å². The zero-order valence-electron chi connectivity index (χ0n) is 12.5. The number of nitrogens with one attached hydrogen (secondary N) is 1. The molecule has 7 nitrogen and oxygen atoms in total. The Morgan fingerprint density at radius 2 is 2.36 bits per heavy atom. The number of carbonyl (C=O) groups is 1. The molecule has 1 N–H and O–H groups in total. The lowest BCUT2D eigenvalue weighted by Gasteiger charge is -2.31. The third-order valence-electron chi connectivity index (χ3n) is 3.32. The zero-order valence-corrected chi connectivity index (χ0v) is 13.4. The summed E-state index contributed by atoms with van der Waals surface area (Å²) in [5.41, 5.74) is 1.74. The molecule has 0 spiro atoms. The standard InChI is InChI=1S/C14H18N4O3S/c1-9-5-13(21-17-9)16-12(19)7-18-3-4-20-11(6-18)14-15-10(2)8-22-14/h5,8,11H,3-4,6-7H2,1-2H3,(H,16,19). The molecule has 1 aliphatic rings. The molecule has 1 aliphatic heterocycles. The summed E-state index contributed by atoms with van der Waals surface area (Å²) in [6.45, 7) is 6.05. The third-order valence-corrected chi connectivity index (χ3v) is 4.38. The van der Waals surface area contributed by atoms with Gasteiger partial charge in [0.1, 0.15) is 11.1 Å². The van der Waals surface area contributed by atoms with Crippen LogP contribution in [-0.4, -0.2) is 47.2 Å². The molecule has 3 heterocycles. The first-order chi connectivity index (χ1) is 10.6. The second kappa shape index (κ2) is 6.55. The van der Waals surface area contributed by atoms with E-state index in [1.807, 2.05) is 19.2 Å². The summed E-state index contributed by atoms with van der Waals surface area (Å²) in [6, 6.07) is 1.69. The van der Waals surface area contributed by atoms with E-state index >= 15 is 0 Å². The van der Waals surface area contributed by atoms with Gasteiger partial charge >= 0.3 is 0 Å². The normalized spacial score (nSPS) is 19.3. The quantitative estimate of drug-likeness (QED) is 0.924. The van der Waals surface area contributed by atoms with Crippen molar-refractivity contribution in [1.29, 1.82) is 0 Å². The first-order valence-corrected chi connectivity index (χ1v) is 7.97. The van der Waals surface area contributed by atoms with Crippen LogP contribution >= 0.6 is 11.3 Å². The number of anilines is 1. The van der Waals surface area contributed by atoms with Gasteiger partial charge in [-0.1, -0.05) is 5.16 Å². The van der Waals surface area contributed by atoms with Crippen molar-refractivity contribution in [3.8, 4) is 0 Å². The zero-order chi connectivity index (χ0) is 15.5. The Morgan fingerprint density at radius 3 is 3.05 bits per heavy atom. The lowest BCUT2D eigenvalue weighted by molar-refractivity contribution is -0.119. The number of nitrogens with zero attached hydrogens (tertiary/aromatic N) is 3. The smallest absolute Gasteiger partial charge is 0.240 e. The molecule has 2 aromatic rings. The van der Waals surface area contributed by atoms with Gasteiger partial charge in [0.05, 0.1) is 18.8 Å². The summed E-state index contributed by atoms with van der Waals surface area (Å²) in [5, 5.41) is 9.42. The van der Waals surface area contributed by atoms with Crippen LogP contribution in [0.25, 0.3) is 0 Å². The molecule has 0 bridgehead atoms. The maximum absolute atomic E-state index is 12.0. The fourth-order valence-corrected chi connectivity index (χ4v) is 3.15. The van der Waals surface area contributed by atoms with E-state index in [1.54, 1.807) is 17.4 Å². The highest BCUT2D eigenvalue weighted by atomic mass is 32.1. The molecule has 118 valence electrons. The highest BCUT2D eigenvalue weighted by molar-refractivity contribution is 7.09. The van der Waals surface area contributed by atoms with Crippen LogP contribution < -0.4 is 5.32 Å². The molecule has 22 heavy (non-hydrogen) atoms. The number of hydrogen-bond acceptors (Lipinski definition) is 7. The van der Waals surface area contributed by atoms with Crippen molar-refractivity contribution in [2.24, 2.45) is 0 Å².